The van der Waals surface area contributed by atoms with E-state index in [9.17, 15) is 4.79 Å². The molecular formula is C12H12N4O. The van der Waals surface area contributed by atoms with Crippen LogP contribution in [0.25, 0.3) is 0 Å². The van der Waals surface area contributed by atoms with E-state index in [-0.39, 0.29) is 5.91 Å². The molecule has 0 unspecified atom stereocenters. The molecule has 1 amide bonds. The Morgan fingerprint density at radius 2 is 2.06 bits per heavy atom. The van der Waals surface area contributed by atoms with Gasteiger partial charge in [0, 0.05) is 11.9 Å². The summed E-state index contributed by atoms with van der Waals surface area (Å²) in [6.07, 6.45) is 1.58. The van der Waals surface area contributed by atoms with E-state index in [1.54, 1.807) is 42.6 Å². The fraction of sp³-hybridized carbons (Fsp3) is 0.0833. The Morgan fingerprint density at radius 1 is 1.24 bits per heavy atom. The first kappa shape index (κ1) is 11.1. The number of hydrogen-bond acceptors (Lipinski definition) is 4. The molecule has 17 heavy (non-hydrogen) atoms. The van der Waals surface area contributed by atoms with Crippen LogP contribution in [-0.2, 0) is 6.54 Å². The molecule has 1 aromatic carbocycles. The summed E-state index contributed by atoms with van der Waals surface area (Å²) in [4.78, 5) is 11.8. The summed E-state index contributed by atoms with van der Waals surface area (Å²) in [7, 11) is 0. The number of rotatable bonds is 3. The van der Waals surface area contributed by atoms with E-state index in [1.165, 1.54) is 0 Å². The van der Waals surface area contributed by atoms with E-state index in [2.05, 4.69) is 15.5 Å². The van der Waals surface area contributed by atoms with Gasteiger partial charge >= 0.3 is 0 Å². The van der Waals surface area contributed by atoms with E-state index in [1.807, 2.05) is 0 Å². The Morgan fingerprint density at radius 3 is 2.76 bits per heavy atom. The number of carbonyl (C=O) groups excluding carboxylic acids is 1. The highest BCUT2D eigenvalue weighted by atomic mass is 16.1. The van der Waals surface area contributed by atoms with Gasteiger partial charge in [0.05, 0.1) is 17.8 Å². The molecule has 86 valence electrons. The molecule has 0 aliphatic rings. The normalized spacial score (nSPS) is 9.88. The predicted molar refractivity (Wildman–Crippen MR) is 64.1 cm³/mol. The number of hydrogen-bond donors (Lipinski definition) is 2. The van der Waals surface area contributed by atoms with Gasteiger partial charge in [-0.3, -0.25) is 4.79 Å². The molecule has 0 saturated heterocycles. The first-order valence-corrected chi connectivity index (χ1v) is 5.16. The molecule has 0 aliphatic carbocycles. The summed E-state index contributed by atoms with van der Waals surface area (Å²) < 4.78 is 0. The Hall–Kier alpha value is -2.43. The average molecular weight is 228 g/mol. The third-order valence-electron chi connectivity index (χ3n) is 2.26. The van der Waals surface area contributed by atoms with Crippen molar-refractivity contribution in [2.75, 3.05) is 5.73 Å². The molecular weight excluding hydrogens is 216 g/mol. The number of amides is 1. The molecule has 2 aromatic rings. The molecule has 0 fully saturated rings. The van der Waals surface area contributed by atoms with Gasteiger partial charge in [-0.2, -0.15) is 10.2 Å². The first-order valence-electron chi connectivity index (χ1n) is 5.16. The third kappa shape index (κ3) is 2.78. The lowest BCUT2D eigenvalue weighted by atomic mass is 10.1. The predicted octanol–water partition coefficient (Wildman–Crippen LogP) is 0.989. The van der Waals surface area contributed by atoms with Crippen molar-refractivity contribution in [2.24, 2.45) is 0 Å². The van der Waals surface area contributed by atoms with Gasteiger partial charge in [-0.25, -0.2) is 0 Å². The van der Waals surface area contributed by atoms with E-state index >= 15 is 0 Å². The van der Waals surface area contributed by atoms with Gasteiger partial charge in [0.15, 0.2) is 0 Å². The lowest BCUT2D eigenvalue weighted by molar-refractivity contribution is 0.0951. The second-order valence-electron chi connectivity index (χ2n) is 3.48. The Labute approximate surface area is 98.7 Å². The van der Waals surface area contributed by atoms with Crippen molar-refractivity contribution in [3.8, 4) is 0 Å². The van der Waals surface area contributed by atoms with Gasteiger partial charge in [-0.1, -0.05) is 12.1 Å². The molecule has 5 nitrogen and oxygen atoms in total. The van der Waals surface area contributed by atoms with Crippen LogP contribution in [0, 0.1) is 0 Å². The monoisotopic (exact) mass is 228 g/mol. The number of nitrogens with zero attached hydrogens (tertiary/aromatic N) is 2. The van der Waals surface area contributed by atoms with Crippen LogP contribution in [0.3, 0.4) is 0 Å². The van der Waals surface area contributed by atoms with Crippen molar-refractivity contribution < 1.29 is 4.79 Å². The number of carbonyl (C=O) groups is 1. The van der Waals surface area contributed by atoms with Gasteiger partial charge in [-0.05, 0) is 24.3 Å². The van der Waals surface area contributed by atoms with Crippen molar-refractivity contribution in [1.82, 2.24) is 15.5 Å². The van der Waals surface area contributed by atoms with Crippen LogP contribution in [0.15, 0.2) is 42.6 Å². The van der Waals surface area contributed by atoms with E-state index in [0.717, 1.165) is 0 Å². The number of nitrogens with two attached hydrogens (primary N) is 1. The Bertz CT molecular complexity index is 513. The van der Waals surface area contributed by atoms with Crippen LogP contribution in [0.5, 0.6) is 0 Å². The van der Waals surface area contributed by atoms with Crippen molar-refractivity contribution in [1.29, 1.82) is 0 Å². The number of anilines is 1. The molecule has 0 saturated carbocycles. The van der Waals surface area contributed by atoms with E-state index < -0.39 is 0 Å². The minimum atomic E-state index is -0.214. The van der Waals surface area contributed by atoms with Crippen molar-refractivity contribution >= 4 is 11.6 Å². The highest BCUT2D eigenvalue weighted by molar-refractivity contribution is 5.98. The topological polar surface area (TPSA) is 80.9 Å². The number of nitrogens with one attached hydrogen (secondary N) is 1. The molecule has 0 aliphatic heterocycles. The van der Waals surface area contributed by atoms with Crippen LogP contribution >= 0.6 is 0 Å². The van der Waals surface area contributed by atoms with Gasteiger partial charge in [0.2, 0.25) is 0 Å². The van der Waals surface area contributed by atoms with Gasteiger partial charge in [0.25, 0.3) is 5.91 Å². The van der Waals surface area contributed by atoms with Gasteiger partial charge in [0.1, 0.15) is 0 Å². The fourth-order valence-electron chi connectivity index (χ4n) is 1.40. The lowest BCUT2D eigenvalue weighted by Gasteiger charge is -2.06. The second-order valence-corrected chi connectivity index (χ2v) is 3.48. The molecule has 2 rings (SSSR count). The van der Waals surface area contributed by atoms with Crippen LogP contribution in [0.2, 0.25) is 0 Å². The standard InChI is InChI=1S/C12H12N4O/c13-11-6-2-1-5-10(11)12(17)14-8-9-4-3-7-15-16-9/h1-7H,8,13H2,(H,14,17). The van der Waals surface area contributed by atoms with Crippen LogP contribution in [-0.4, -0.2) is 16.1 Å². The SMILES string of the molecule is Nc1ccccc1C(=O)NCc1cccnn1. The highest BCUT2D eigenvalue weighted by Gasteiger charge is 2.08. The molecule has 0 spiro atoms. The maximum absolute atomic E-state index is 11.8. The van der Waals surface area contributed by atoms with Crippen LogP contribution < -0.4 is 11.1 Å². The Balaban J connectivity index is 2.01. The van der Waals surface area contributed by atoms with Crippen LogP contribution in [0.1, 0.15) is 16.1 Å². The highest BCUT2D eigenvalue weighted by Crippen LogP contribution is 2.09. The number of para-hydroxylation sites is 1. The van der Waals surface area contributed by atoms with Crippen molar-refractivity contribution in [2.45, 2.75) is 6.54 Å². The smallest absolute Gasteiger partial charge is 0.253 e. The number of aromatic nitrogens is 2. The quantitative estimate of drug-likeness (QED) is 0.767. The summed E-state index contributed by atoms with van der Waals surface area (Å²) in [5.41, 5.74) is 7.34. The third-order valence-corrected chi connectivity index (χ3v) is 2.26. The van der Waals surface area contributed by atoms with E-state index in [4.69, 9.17) is 5.73 Å². The minimum absolute atomic E-state index is 0.214. The summed E-state index contributed by atoms with van der Waals surface area (Å²) in [5.74, 6) is -0.214. The molecule has 0 atom stereocenters. The summed E-state index contributed by atoms with van der Waals surface area (Å²) in [5, 5.41) is 10.3. The molecule has 0 bridgehead atoms. The maximum Gasteiger partial charge on any atom is 0.253 e. The molecule has 0 radical (unpaired) electrons. The summed E-state index contributed by atoms with van der Waals surface area (Å²) >= 11 is 0. The summed E-state index contributed by atoms with van der Waals surface area (Å²) in [6.45, 7) is 0.334. The molecule has 3 N–H and O–H groups in total. The minimum Gasteiger partial charge on any atom is -0.398 e. The molecule has 5 heteroatoms. The Kier molecular flexibility index (Phi) is 3.30. The molecule has 1 heterocycles. The van der Waals surface area contributed by atoms with E-state index in [0.29, 0.717) is 23.5 Å². The zero-order valence-electron chi connectivity index (χ0n) is 9.13. The summed E-state index contributed by atoms with van der Waals surface area (Å²) in [6, 6.07) is 10.5. The first-order chi connectivity index (χ1) is 8.27. The van der Waals surface area contributed by atoms with Gasteiger partial charge in [-0.15, -0.1) is 0 Å². The number of benzene rings is 1. The zero-order chi connectivity index (χ0) is 12.1. The lowest BCUT2D eigenvalue weighted by Crippen LogP contribution is -2.24. The average Bonchev–Trinajstić information content (AvgIpc) is 2.38. The zero-order valence-corrected chi connectivity index (χ0v) is 9.13. The molecule has 1 aromatic heterocycles. The fourth-order valence-corrected chi connectivity index (χ4v) is 1.40. The van der Waals surface area contributed by atoms with Crippen molar-refractivity contribution in [3.63, 3.8) is 0 Å². The van der Waals surface area contributed by atoms with Crippen LogP contribution in [0.4, 0.5) is 5.69 Å². The number of nitrogen functional groups attached to an aromatic ring is 1. The van der Waals surface area contributed by atoms with Gasteiger partial charge < -0.3 is 11.1 Å². The van der Waals surface area contributed by atoms with Crippen molar-refractivity contribution in [3.05, 3.63) is 53.9 Å². The largest absolute Gasteiger partial charge is 0.398 e. The second kappa shape index (κ2) is 5.07. The maximum atomic E-state index is 11.8.